The number of hydrogen-bond donors (Lipinski definition) is 0. The molecule has 2 aromatic rings. The SMILES string of the molecule is C=CCOC[C@H]1S[C@@H](c2cc(Cc3ccc(OCC)cc3)c(Cl)cc2OC)[C@H](OCC=C)[C@@H](OCC=C)[C@@H]1OCC=C. The normalized spacial score (nSPS) is 21.8. The molecular formula is C34H43ClO6S. The zero-order valence-corrected chi connectivity index (χ0v) is 26.2. The summed E-state index contributed by atoms with van der Waals surface area (Å²) in [5.74, 6) is 1.52. The van der Waals surface area contributed by atoms with Crippen LogP contribution >= 0.6 is 23.4 Å². The highest BCUT2D eigenvalue weighted by Crippen LogP contribution is 2.50. The molecule has 5 atom stereocenters. The van der Waals surface area contributed by atoms with Gasteiger partial charge in [-0.3, -0.25) is 0 Å². The van der Waals surface area contributed by atoms with Gasteiger partial charge in [-0.15, -0.1) is 38.1 Å². The summed E-state index contributed by atoms with van der Waals surface area (Å²) in [6.45, 7) is 19.9. The Bertz CT molecular complexity index is 1150. The van der Waals surface area contributed by atoms with Crippen LogP contribution in [0.25, 0.3) is 0 Å². The predicted molar refractivity (Wildman–Crippen MR) is 173 cm³/mol. The van der Waals surface area contributed by atoms with Crippen LogP contribution in [0.2, 0.25) is 5.02 Å². The van der Waals surface area contributed by atoms with Gasteiger partial charge in [-0.2, -0.15) is 0 Å². The standard InChI is InChI=1S/C34H43ClO6S/c1-7-16-37-23-30-31(39-17-8-2)32(40-18-9-3)33(41-19-10-4)34(42-30)27-21-25(28(35)22-29(27)36-6)20-24-12-14-26(15-13-24)38-11-5/h7-10,12-15,21-22,30-34H,1-4,11,16-20,23H2,5-6H3/t30-,31-,32+,33-,34+/m1/s1. The van der Waals surface area contributed by atoms with E-state index in [1.165, 1.54) is 0 Å². The van der Waals surface area contributed by atoms with Gasteiger partial charge in [0.1, 0.15) is 29.8 Å². The van der Waals surface area contributed by atoms with Crippen LogP contribution in [0.1, 0.15) is 28.9 Å². The lowest BCUT2D eigenvalue weighted by Gasteiger charge is -2.46. The first kappa shape index (κ1) is 34.0. The van der Waals surface area contributed by atoms with Crippen molar-refractivity contribution in [3.8, 4) is 11.5 Å². The average molecular weight is 615 g/mol. The van der Waals surface area contributed by atoms with E-state index in [-0.39, 0.29) is 16.6 Å². The van der Waals surface area contributed by atoms with Crippen LogP contribution in [-0.4, -0.2) is 70.3 Å². The second-order valence-corrected chi connectivity index (χ2v) is 11.4. The lowest BCUT2D eigenvalue weighted by Crippen LogP contribution is -2.55. The van der Waals surface area contributed by atoms with Gasteiger partial charge in [0.25, 0.3) is 0 Å². The van der Waals surface area contributed by atoms with E-state index < -0.39 is 12.2 Å². The first-order chi connectivity index (χ1) is 20.5. The van der Waals surface area contributed by atoms with Gasteiger partial charge < -0.3 is 28.4 Å². The van der Waals surface area contributed by atoms with Crippen LogP contribution in [0.3, 0.4) is 0 Å². The second kappa shape index (κ2) is 18.2. The van der Waals surface area contributed by atoms with Gasteiger partial charge in [-0.25, -0.2) is 0 Å². The summed E-state index contributed by atoms with van der Waals surface area (Å²) in [4.78, 5) is 0. The van der Waals surface area contributed by atoms with Crippen LogP contribution in [0.15, 0.2) is 87.0 Å². The molecule has 0 aromatic heterocycles. The molecule has 0 bridgehead atoms. The van der Waals surface area contributed by atoms with Gasteiger partial charge in [0.05, 0.1) is 57.3 Å². The fourth-order valence-electron chi connectivity index (χ4n) is 4.92. The molecule has 6 nitrogen and oxygen atoms in total. The molecular weight excluding hydrogens is 572 g/mol. The first-order valence-electron chi connectivity index (χ1n) is 14.1. The fraction of sp³-hybridized carbons (Fsp3) is 0.412. The molecule has 1 fully saturated rings. The summed E-state index contributed by atoms with van der Waals surface area (Å²) in [6, 6.07) is 12.1. The lowest BCUT2D eigenvalue weighted by molar-refractivity contribution is -0.136. The Morgan fingerprint density at radius 2 is 1.45 bits per heavy atom. The van der Waals surface area contributed by atoms with Gasteiger partial charge in [0.2, 0.25) is 0 Å². The number of methoxy groups -OCH3 is 1. The monoisotopic (exact) mass is 614 g/mol. The summed E-state index contributed by atoms with van der Waals surface area (Å²) in [5, 5.41) is 0.363. The molecule has 0 aliphatic carbocycles. The lowest BCUT2D eigenvalue weighted by atomic mass is 9.93. The topological polar surface area (TPSA) is 55.4 Å². The molecule has 0 amide bonds. The molecule has 1 heterocycles. The number of halogens is 1. The molecule has 228 valence electrons. The van der Waals surface area contributed by atoms with Crippen LogP contribution in [0.4, 0.5) is 0 Å². The van der Waals surface area contributed by atoms with Crippen LogP contribution < -0.4 is 9.47 Å². The van der Waals surface area contributed by atoms with Gasteiger partial charge >= 0.3 is 0 Å². The Hall–Kier alpha value is -2.52. The van der Waals surface area contributed by atoms with E-state index >= 15 is 0 Å². The summed E-state index contributed by atoms with van der Waals surface area (Å²) < 4.78 is 36.6. The van der Waals surface area contributed by atoms with Crippen LogP contribution in [0, 0.1) is 0 Å². The van der Waals surface area contributed by atoms with Crippen molar-refractivity contribution in [2.45, 2.75) is 42.2 Å². The van der Waals surface area contributed by atoms with E-state index in [4.69, 9.17) is 40.0 Å². The summed E-state index contributed by atoms with van der Waals surface area (Å²) in [6.07, 6.45) is 6.43. The molecule has 0 N–H and O–H groups in total. The summed E-state index contributed by atoms with van der Waals surface area (Å²) in [5.41, 5.74) is 3.06. The molecule has 2 aromatic carbocycles. The zero-order valence-electron chi connectivity index (χ0n) is 24.7. The Morgan fingerprint density at radius 3 is 2.05 bits per heavy atom. The molecule has 0 spiro atoms. The Balaban J connectivity index is 2.07. The van der Waals surface area contributed by atoms with Crippen molar-refractivity contribution in [2.75, 3.05) is 46.8 Å². The fourth-order valence-corrected chi connectivity index (χ4v) is 6.80. The van der Waals surface area contributed by atoms with Crippen molar-refractivity contribution in [3.05, 3.63) is 109 Å². The number of benzene rings is 2. The van der Waals surface area contributed by atoms with Gasteiger partial charge in [-0.05, 0) is 48.7 Å². The molecule has 0 radical (unpaired) electrons. The Kier molecular flexibility index (Phi) is 14.7. The molecule has 1 aliphatic heterocycles. The minimum Gasteiger partial charge on any atom is -0.496 e. The van der Waals surface area contributed by atoms with Crippen molar-refractivity contribution in [1.29, 1.82) is 0 Å². The van der Waals surface area contributed by atoms with E-state index in [2.05, 4.69) is 44.5 Å². The van der Waals surface area contributed by atoms with E-state index in [0.29, 0.717) is 56.8 Å². The minimum atomic E-state index is -0.429. The molecule has 1 saturated heterocycles. The number of thioether (sulfide) groups is 1. The zero-order chi connectivity index (χ0) is 30.3. The molecule has 42 heavy (non-hydrogen) atoms. The quantitative estimate of drug-likeness (QED) is 0.121. The van der Waals surface area contributed by atoms with E-state index in [1.54, 1.807) is 43.2 Å². The highest BCUT2D eigenvalue weighted by Gasteiger charge is 2.49. The van der Waals surface area contributed by atoms with E-state index in [0.717, 1.165) is 22.4 Å². The van der Waals surface area contributed by atoms with Crippen molar-refractivity contribution in [3.63, 3.8) is 0 Å². The van der Waals surface area contributed by atoms with E-state index in [9.17, 15) is 0 Å². The molecule has 0 saturated carbocycles. The average Bonchev–Trinajstić information content (AvgIpc) is 3.00. The maximum atomic E-state index is 6.81. The van der Waals surface area contributed by atoms with Crippen LogP contribution in [-0.2, 0) is 25.4 Å². The van der Waals surface area contributed by atoms with Gasteiger partial charge in [0, 0.05) is 10.6 Å². The number of hydrogen-bond acceptors (Lipinski definition) is 7. The molecule has 1 aliphatic rings. The highest BCUT2D eigenvalue weighted by molar-refractivity contribution is 8.00. The van der Waals surface area contributed by atoms with Crippen LogP contribution in [0.5, 0.6) is 11.5 Å². The smallest absolute Gasteiger partial charge is 0.124 e. The van der Waals surface area contributed by atoms with Crippen molar-refractivity contribution in [1.82, 2.24) is 0 Å². The predicted octanol–water partition coefficient (Wildman–Crippen LogP) is 7.41. The number of rotatable bonds is 19. The van der Waals surface area contributed by atoms with E-state index in [1.807, 2.05) is 25.1 Å². The molecule has 3 rings (SSSR count). The summed E-state index contributed by atoms with van der Waals surface area (Å²) in [7, 11) is 1.65. The van der Waals surface area contributed by atoms with Gasteiger partial charge in [-0.1, -0.05) is 48.0 Å². The molecule has 0 unspecified atom stereocenters. The van der Waals surface area contributed by atoms with Crippen molar-refractivity contribution in [2.24, 2.45) is 0 Å². The Labute approximate surface area is 260 Å². The van der Waals surface area contributed by atoms with Gasteiger partial charge in [0.15, 0.2) is 0 Å². The minimum absolute atomic E-state index is 0.0803. The third kappa shape index (κ3) is 9.24. The highest BCUT2D eigenvalue weighted by atomic mass is 35.5. The number of ether oxygens (including phenoxy) is 6. The third-order valence-corrected chi connectivity index (χ3v) is 8.63. The van der Waals surface area contributed by atoms with Crippen molar-refractivity contribution >= 4 is 23.4 Å². The maximum Gasteiger partial charge on any atom is 0.124 e. The second-order valence-electron chi connectivity index (χ2n) is 9.62. The first-order valence-corrected chi connectivity index (χ1v) is 15.4. The van der Waals surface area contributed by atoms with Crippen molar-refractivity contribution < 1.29 is 28.4 Å². The Morgan fingerprint density at radius 1 is 0.833 bits per heavy atom. The molecule has 8 heteroatoms. The largest absolute Gasteiger partial charge is 0.496 e. The maximum absolute atomic E-state index is 6.81. The third-order valence-electron chi connectivity index (χ3n) is 6.71. The summed E-state index contributed by atoms with van der Waals surface area (Å²) >= 11 is 8.53.